The van der Waals surface area contributed by atoms with Gasteiger partial charge in [-0.1, -0.05) is 41.9 Å². The van der Waals surface area contributed by atoms with Gasteiger partial charge in [-0.15, -0.1) is 11.3 Å². The van der Waals surface area contributed by atoms with E-state index < -0.39 is 0 Å². The Morgan fingerprint density at radius 3 is 2.80 bits per heavy atom. The largest absolute Gasteiger partial charge is 0.495 e. The van der Waals surface area contributed by atoms with Crippen LogP contribution < -0.4 is 10.1 Å². The number of nitrogens with zero attached hydrogens (tertiary/aromatic N) is 2. The van der Waals surface area contributed by atoms with Crippen LogP contribution in [0.25, 0.3) is 16.8 Å². The smallest absolute Gasteiger partial charge is 0.142 e. The second kappa shape index (κ2) is 7.84. The highest BCUT2D eigenvalue weighted by atomic mass is 35.5. The van der Waals surface area contributed by atoms with E-state index in [2.05, 4.69) is 16.4 Å². The summed E-state index contributed by atoms with van der Waals surface area (Å²) < 4.78 is 5.29. The summed E-state index contributed by atoms with van der Waals surface area (Å²) >= 11 is 7.45. The molecule has 0 radical (unpaired) electrons. The quantitative estimate of drug-likeness (QED) is 0.609. The van der Waals surface area contributed by atoms with E-state index in [1.165, 1.54) is 11.3 Å². The van der Waals surface area contributed by atoms with E-state index in [4.69, 9.17) is 16.3 Å². The lowest BCUT2D eigenvalue weighted by Gasteiger charge is -2.08. The monoisotopic (exact) mass is 367 g/mol. The van der Waals surface area contributed by atoms with Gasteiger partial charge in [0.05, 0.1) is 18.5 Å². The molecular weight excluding hydrogens is 354 g/mol. The Morgan fingerprint density at radius 2 is 2.08 bits per heavy atom. The first kappa shape index (κ1) is 17.0. The molecule has 4 nitrogen and oxygen atoms in total. The second-order valence-electron chi connectivity index (χ2n) is 5.06. The Kier molecular flexibility index (Phi) is 5.34. The number of rotatable bonds is 5. The predicted molar refractivity (Wildman–Crippen MR) is 103 cm³/mol. The third-order valence-electron chi connectivity index (χ3n) is 3.46. The van der Waals surface area contributed by atoms with Gasteiger partial charge in [0.2, 0.25) is 0 Å². The molecule has 0 amide bonds. The summed E-state index contributed by atoms with van der Waals surface area (Å²) in [5, 5.41) is 15.7. The number of methoxy groups -OCH3 is 1. The minimum atomic E-state index is 0.439. The highest BCUT2D eigenvalue weighted by molar-refractivity contribution is 7.11. The minimum absolute atomic E-state index is 0.439. The van der Waals surface area contributed by atoms with Gasteiger partial charge in [0, 0.05) is 22.2 Å². The van der Waals surface area contributed by atoms with E-state index in [-0.39, 0.29) is 0 Å². The first-order valence-electron chi connectivity index (χ1n) is 7.43. The topological polar surface area (TPSA) is 57.9 Å². The average molecular weight is 368 g/mol. The van der Waals surface area contributed by atoms with Crippen LogP contribution in [0.5, 0.6) is 5.75 Å². The molecule has 0 spiro atoms. The Morgan fingerprint density at radius 1 is 1.28 bits per heavy atom. The molecule has 0 saturated heterocycles. The number of nitrogens with one attached hydrogen (secondary N) is 1. The van der Waals surface area contributed by atoms with E-state index >= 15 is 0 Å². The van der Waals surface area contributed by atoms with Gasteiger partial charge < -0.3 is 10.1 Å². The van der Waals surface area contributed by atoms with Crippen molar-refractivity contribution in [2.24, 2.45) is 0 Å². The van der Waals surface area contributed by atoms with Crippen molar-refractivity contribution in [3.8, 4) is 23.1 Å². The van der Waals surface area contributed by atoms with E-state index in [0.29, 0.717) is 27.0 Å². The number of anilines is 1. The van der Waals surface area contributed by atoms with Crippen LogP contribution >= 0.6 is 22.9 Å². The van der Waals surface area contributed by atoms with Crippen molar-refractivity contribution < 1.29 is 4.74 Å². The summed E-state index contributed by atoms with van der Waals surface area (Å²) in [6.07, 6.45) is 1.61. The summed E-state index contributed by atoms with van der Waals surface area (Å²) in [4.78, 5) is 4.55. The zero-order valence-corrected chi connectivity index (χ0v) is 14.9. The minimum Gasteiger partial charge on any atom is -0.495 e. The van der Waals surface area contributed by atoms with Crippen LogP contribution in [0.1, 0.15) is 5.01 Å². The SMILES string of the molecule is COc1ccc(Cl)cc1N/C=C(\C#N)c1nc(-c2ccccc2)cs1. The summed E-state index contributed by atoms with van der Waals surface area (Å²) in [6, 6.07) is 17.3. The maximum atomic E-state index is 9.47. The standard InChI is InChI=1S/C19H14ClN3OS/c1-24-18-8-7-15(20)9-16(18)22-11-14(10-21)19-23-17(12-25-19)13-5-3-2-4-6-13/h2-9,11-12,22H,1H3/b14-11+. The number of thiazole rings is 1. The molecule has 3 aromatic rings. The predicted octanol–water partition coefficient (Wildman–Crippen LogP) is 5.45. The first-order chi connectivity index (χ1) is 12.2. The van der Waals surface area contributed by atoms with Gasteiger partial charge in [0.15, 0.2) is 0 Å². The maximum Gasteiger partial charge on any atom is 0.142 e. The van der Waals surface area contributed by atoms with Crippen LogP contribution in [0.15, 0.2) is 60.1 Å². The molecule has 0 aliphatic heterocycles. The fraction of sp³-hybridized carbons (Fsp3) is 0.0526. The fourth-order valence-corrected chi connectivity index (χ4v) is 3.19. The molecule has 1 aromatic heterocycles. The third kappa shape index (κ3) is 4.00. The highest BCUT2D eigenvalue weighted by Gasteiger charge is 2.09. The highest BCUT2D eigenvalue weighted by Crippen LogP contribution is 2.29. The Balaban J connectivity index is 1.86. The molecule has 124 valence electrons. The lowest BCUT2D eigenvalue weighted by atomic mass is 10.2. The van der Waals surface area contributed by atoms with E-state index in [1.807, 2.05) is 35.7 Å². The molecule has 2 aromatic carbocycles. The third-order valence-corrected chi connectivity index (χ3v) is 4.57. The molecular formula is C19H14ClN3OS. The summed E-state index contributed by atoms with van der Waals surface area (Å²) in [5.74, 6) is 0.641. The van der Waals surface area contributed by atoms with Crippen LogP contribution in [0.4, 0.5) is 5.69 Å². The van der Waals surface area contributed by atoms with Crippen molar-refractivity contribution in [3.63, 3.8) is 0 Å². The molecule has 3 rings (SSSR count). The molecule has 0 aliphatic rings. The van der Waals surface area contributed by atoms with E-state index in [9.17, 15) is 5.26 Å². The van der Waals surface area contributed by atoms with Crippen molar-refractivity contribution in [2.75, 3.05) is 12.4 Å². The normalized spacial score (nSPS) is 11.0. The number of halogens is 1. The molecule has 0 fully saturated rings. The summed E-state index contributed by atoms with van der Waals surface area (Å²) in [6.45, 7) is 0. The Hall–Kier alpha value is -2.81. The molecule has 25 heavy (non-hydrogen) atoms. The van der Waals surface area contributed by atoms with Crippen molar-refractivity contribution in [1.29, 1.82) is 5.26 Å². The Bertz CT molecular complexity index is 945. The molecule has 1 heterocycles. The van der Waals surface area contributed by atoms with Gasteiger partial charge in [-0.3, -0.25) is 0 Å². The van der Waals surface area contributed by atoms with Crippen LogP contribution in [0.2, 0.25) is 5.02 Å². The number of hydrogen-bond acceptors (Lipinski definition) is 5. The van der Waals surface area contributed by atoms with Gasteiger partial charge in [0.1, 0.15) is 22.4 Å². The second-order valence-corrected chi connectivity index (χ2v) is 6.36. The van der Waals surface area contributed by atoms with Crippen molar-refractivity contribution in [1.82, 2.24) is 4.98 Å². The van der Waals surface area contributed by atoms with Crippen LogP contribution in [-0.4, -0.2) is 12.1 Å². The van der Waals surface area contributed by atoms with Crippen molar-refractivity contribution in [3.05, 3.63) is 70.1 Å². The van der Waals surface area contributed by atoms with Gasteiger partial charge in [-0.05, 0) is 18.2 Å². The van der Waals surface area contributed by atoms with Gasteiger partial charge in [-0.2, -0.15) is 5.26 Å². The van der Waals surface area contributed by atoms with Crippen molar-refractivity contribution in [2.45, 2.75) is 0 Å². The molecule has 0 atom stereocenters. The summed E-state index contributed by atoms with van der Waals surface area (Å²) in [5.41, 5.74) is 2.99. The lowest BCUT2D eigenvalue weighted by molar-refractivity contribution is 0.417. The molecule has 1 N–H and O–H groups in total. The number of hydrogen-bond donors (Lipinski definition) is 1. The molecule has 0 unspecified atom stereocenters. The fourth-order valence-electron chi connectivity index (χ4n) is 2.22. The van der Waals surface area contributed by atoms with E-state index in [0.717, 1.165) is 11.3 Å². The number of nitriles is 1. The van der Waals surface area contributed by atoms with Gasteiger partial charge in [0.25, 0.3) is 0 Å². The zero-order valence-electron chi connectivity index (χ0n) is 13.4. The van der Waals surface area contributed by atoms with Crippen molar-refractivity contribution >= 4 is 34.2 Å². The van der Waals surface area contributed by atoms with Crippen LogP contribution in [0.3, 0.4) is 0 Å². The average Bonchev–Trinajstić information content (AvgIpc) is 3.13. The van der Waals surface area contributed by atoms with Gasteiger partial charge >= 0.3 is 0 Å². The number of ether oxygens (including phenoxy) is 1. The maximum absolute atomic E-state index is 9.47. The van der Waals surface area contributed by atoms with Gasteiger partial charge in [-0.25, -0.2) is 4.98 Å². The number of aromatic nitrogens is 1. The number of allylic oxidation sites excluding steroid dienone is 1. The number of benzene rings is 2. The van der Waals surface area contributed by atoms with Crippen LogP contribution in [-0.2, 0) is 0 Å². The lowest BCUT2D eigenvalue weighted by Crippen LogP contribution is -1.95. The van der Waals surface area contributed by atoms with E-state index in [1.54, 1.807) is 31.5 Å². The molecule has 0 bridgehead atoms. The first-order valence-corrected chi connectivity index (χ1v) is 8.68. The Labute approximate surface area is 155 Å². The molecule has 0 saturated carbocycles. The molecule has 6 heteroatoms. The zero-order chi connectivity index (χ0) is 17.6. The van der Waals surface area contributed by atoms with Crippen LogP contribution in [0, 0.1) is 11.3 Å². The summed E-state index contributed by atoms with van der Waals surface area (Å²) in [7, 11) is 1.58. The molecule has 0 aliphatic carbocycles.